The van der Waals surface area contributed by atoms with Gasteiger partial charge < -0.3 is 29.9 Å². The SMILES string of the molecule is COC(=O)c1c(O)cc2c(c1O)C(=O)c1c(O)cc(C(=O)N3CCN(C)CC3)cc1C2=O. The maximum Gasteiger partial charge on any atom is 0.345 e. The minimum Gasteiger partial charge on any atom is -0.507 e. The van der Waals surface area contributed by atoms with Crippen LogP contribution in [0.2, 0.25) is 0 Å². The van der Waals surface area contributed by atoms with Crippen LogP contribution in [0.15, 0.2) is 18.2 Å². The van der Waals surface area contributed by atoms with Crippen molar-refractivity contribution in [1.29, 1.82) is 0 Å². The molecular formula is C22H20N2O8. The molecule has 0 spiro atoms. The molecule has 1 amide bonds. The van der Waals surface area contributed by atoms with Gasteiger partial charge in [0.2, 0.25) is 5.78 Å². The number of phenolic OH excluding ortho intramolecular Hbond substituents is 3. The van der Waals surface area contributed by atoms with Crippen molar-refractivity contribution in [2.45, 2.75) is 0 Å². The van der Waals surface area contributed by atoms with Gasteiger partial charge in [-0.05, 0) is 25.2 Å². The fourth-order valence-corrected chi connectivity index (χ4v) is 4.00. The summed E-state index contributed by atoms with van der Waals surface area (Å²) in [5, 5.41) is 31.2. The van der Waals surface area contributed by atoms with Crippen LogP contribution in [-0.4, -0.2) is 88.9 Å². The van der Waals surface area contributed by atoms with Crippen LogP contribution < -0.4 is 0 Å². The zero-order valence-electron chi connectivity index (χ0n) is 17.3. The molecule has 1 heterocycles. The number of rotatable bonds is 2. The fourth-order valence-electron chi connectivity index (χ4n) is 4.00. The number of benzene rings is 2. The van der Waals surface area contributed by atoms with Crippen molar-refractivity contribution in [3.05, 3.63) is 51.6 Å². The van der Waals surface area contributed by atoms with Gasteiger partial charge >= 0.3 is 5.97 Å². The Morgan fingerprint density at radius 1 is 0.875 bits per heavy atom. The van der Waals surface area contributed by atoms with E-state index >= 15 is 0 Å². The minimum absolute atomic E-state index is 0.0371. The largest absolute Gasteiger partial charge is 0.507 e. The van der Waals surface area contributed by atoms with Crippen LogP contribution in [0.25, 0.3) is 0 Å². The van der Waals surface area contributed by atoms with Crippen LogP contribution in [0.4, 0.5) is 0 Å². The van der Waals surface area contributed by atoms with Gasteiger partial charge in [0.1, 0.15) is 22.8 Å². The van der Waals surface area contributed by atoms with Crippen molar-refractivity contribution >= 4 is 23.4 Å². The van der Waals surface area contributed by atoms with Crippen molar-refractivity contribution in [2.75, 3.05) is 40.3 Å². The van der Waals surface area contributed by atoms with E-state index in [9.17, 15) is 34.5 Å². The second-order valence-electron chi connectivity index (χ2n) is 7.71. The average molecular weight is 440 g/mol. The number of ketones is 2. The van der Waals surface area contributed by atoms with Gasteiger partial charge in [-0.15, -0.1) is 0 Å². The predicted octanol–water partition coefficient (Wildman–Crippen LogP) is 0.753. The number of methoxy groups -OCH3 is 1. The summed E-state index contributed by atoms with van der Waals surface area (Å²) in [5.74, 6) is -5.48. The number of nitrogens with zero attached hydrogens (tertiary/aromatic N) is 2. The quantitative estimate of drug-likeness (QED) is 0.492. The van der Waals surface area contributed by atoms with Crippen molar-refractivity contribution in [1.82, 2.24) is 9.80 Å². The smallest absolute Gasteiger partial charge is 0.345 e. The standard InChI is InChI=1S/C22H20N2O8/c1-23-3-5-24(6-4-23)21(30)10-7-11-15(13(25)8-10)19(28)16-12(18(11)27)9-14(26)17(20(16)29)22(31)32-2/h7-9,25-26,29H,3-6H2,1-2H3. The first-order valence-electron chi connectivity index (χ1n) is 9.77. The minimum atomic E-state index is -1.11. The first-order valence-corrected chi connectivity index (χ1v) is 9.77. The topological polar surface area (TPSA) is 145 Å². The van der Waals surface area contributed by atoms with E-state index in [4.69, 9.17) is 0 Å². The lowest BCUT2D eigenvalue weighted by atomic mass is 9.81. The van der Waals surface area contributed by atoms with Gasteiger partial charge in [0.05, 0.1) is 18.2 Å². The molecule has 2 aliphatic rings. The van der Waals surface area contributed by atoms with E-state index in [0.717, 1.165) is 19.2 Å². The number of ether oxygens (including phenoxy) is 1. The number of phenols is 3. The zero-order valence-corrected chi connectivity index (χ0v) is 17.3. The molecule has 0 bridgehead atoms. The Labute approximate surface area is 182 Å². The van der Waals surface area contributed by atoms with Crippen LogP contribution in [0.3, 0.4) is 0 Å². The third-order valence-corrected chi connectivity index (χ3v) is 5.77. The van der Waals surface area contributed by atoms with Crippen molar-refractivity contribution < 1.29 is 39.2 Å². The number of hydrogen-bond donors (Lipinski definition) is 3. The lowest BCUT2D eigenvalue weighted by molar-refractivity contribution is 0.0592. The summed E-state index contributed by atoms with van der Waals surface area (Å²) in [6.07, 6.45) is 0. The highest BCUT2D eigenvalue weighted by Gasteiger charge is 2.38. The molecule has 166 valence electrons. The highest BCUT2D eigenvalue weighted by atomic mass is 16.5. The van der Waals surface area contributed by atoms with Crippen LogP contribution >= 0.6 is 0 Å². The number of esters is 1. The molecule has 0 radical (unpaired) electrons. The Morgan fingerprint density at radius 2 is 1.50 bits per heavy atom. The zero-order chi connectivity index (χ0) is 23.3. The van der Waals surface area contributed by atoms with Gasteiger partial charge in [-0.3, -0.25) is 14.4 Å². The monoisotopic (exact) mass is 440 g/mol. The van der Waals surface area contributed by atoms with Crippen LogP contribution in [0.5, 0.6) is 17.2 Å². The molecule has 32 heavy (non-hydrogen) atoms. The molecule has 1 fully saturated rings. The number of likely N-dealkylation sites (N-methyl/N-ethyl adjacent to an activating group) is 1. The highest BCUT2D eigenvalue weighted by molar-refractivity contribution is 6.31. The average Bonchev–Trinajstić information content (AvgIpc) is 2.76. The maximum absolute atomic E-state index is 13.1. The summed E-state index contributed by atoms with van der Waals surface area (Å²) in [5.41, 5.74) is -2.14. The summed E-state index contributed by atoms with van der Waals surface area (Å²) in [6, 6.07) is 3.21. The van der Waals surface area contributed by atoms with E-state index in [0.29, 0.717) is 26.2 Å². The Balaban J connectivity index is 1.81. The molecule has 2 aromatic rings. The molecule has 0 unspecified atom stereocenters. The van der Waals surface area contributed by atoms with Gasteiger partial charge in [-0.2, -0.15) is 0 Å². The van der Waals surface area contributed by atoms with Gasteiger partial charge in [0.25, 0.3) is 5.91 Å². The summed E-state index contributed by atoms with van der Waals surface area (Å²) in [6.45, 7) is 2.30. The van der Waals surface area contributed by atoms with Gasteiger partial charge in [0.15, 0.2) is 5.78 Å². The first kappa shape index (κ1) is 21.3. The van der Waals surface area contributed by atoms with Crippen LogP contribution in [-0.2, 0) is 4.74 Å². The van der Waals surface area contributed by atoms with Gasteiger partial charge in [-0.1, -0.05) is 0 Å². The second-order valence-corrected chi connectivity index (χ2v) is 7.71. The van der Waals surface area contributed by atoms with E-state index in [-0.39, 0.29) is 16.7 Å². The number of fused-ring (bicyclic) bond motifs is 2. The third kappa shape index (κ3) is 3.16. The highest BCUT2D eigenvalue weighted by Crippen LogP contribution is 2.42. The van der Waals surface area contributed by atoms with E-state index in [1.54, 1.807) is 4.90 Å². The summed E-state index contributed by atoms with van der Waals surface area (Å²) in [4.78, 5) is 54.7. The van der Waals surface area contributed by atoms with Gasteiger partial charge in [0, 0.05) is 42.9 Å². The molecule has 2 aromatic carbocycles. The summed E-state index contributed by atoms with van der Waals surface area (Å²) < 4.78 is 4.50. The number of carbonyl (C=O) groups excluding carboxylic acids is 4. The van der Waals surface area contributed by atoms with Crippen LogP contribution in [0, 0.1) is 0 Å². The van der Waals surface area contributed by atoms with Crippen molar-refractivity contribution in [2.24, 2.45) is 0 Å². The number of aromatic hydroxyl groups is 3. The van der Waals surface area contributed by atoms with E-state index in [2.05, 4.69) is 9.64 Å². The molecule has 1 aliphatic carbocycles. The maximum atomic E-state index is 13.1. The van der Waals surface area contributed by atoms with E-state index < -0.39 is 57.4 Å². The lowest BCUT2D eigenvalue weighted by Gasteiger charge is -2.32. The summed E-state index contributed by atoms with van der Waals surface area (Å²) >= 11 is 0. The molecule has 0 aromatic heterocycles. The Hall–Kier alpha value is -3.92. The Bertz CT molecular complexity index is 1200. The number of hydrogen-bond acceptors (Lipinski definition) is 9. The number of carbonyl (C=O) groups is 4. The molecule has 10 heteroatoms. The molecular weight excluding hydrogens is 420 g/mol. The lowest BCUT2D eigenvalue weighted by Crippen LogP contribution is -2.47. The Morgan fingerprint density at radius 3 is 2.12 bits per heavy atom. The molecule has 1 saturated heterocycles. The Kier molecular flexibility index (Phi) is 5.09. The fraction of sp³-hybridized carbons (Fsp3) is 0.273. The molecule has 0 atom stereocenters. The van der Waals surface area contributed by atoms with E-state index in [1.165, 1.54) is 6.07 Å². The normalized spacial score (nSPS) is 15.9. The number of piperazine rings is 1. The van der Waals surface area contributed by atoms with Crippen LogP contribution in [0.1, 0.15) is 52.6 Å². The van der Waals surface area contributed by atoms with Crippen molar-refractivity contribution in [3.63, 3.8) is 0 Å². The van der Waals surface area contributed by atoms with Gasteiger partial charge in [-0.25, -0.2) is 4.79 Å². The molecule has 1 aliphatic heterocycles. The van der Waals surface area contributed by atoms with E-state index in [1.807, 2.05) is 7.05 Å². The number of amides is 1. The molecule has 0 saturated carbocycles. The first-order chi connectivity index (χ1) is 15.1. The molecule has 4 rings (SSSR count). The molecule has 10 nitrogen and oxygen atoms in total. The predicted molar refractivity (Wildman–Crippen MR) is 109 cm³/mol. The third-order valence-electron chi connectivity index (χ3n) is 5.77. The van der Waals surface area contributed by atoms with Crippen molar-refractivity contribution in [3.8, 4) is 17.2 Å². The summed E-state index contributed by atoms with van der Waals surface area (Å²) in [7, 11) is 2.96. The second kappa shape index (κ2) is 7.65. The molecule has 3 N–H and O–H groups in total.